The zero-order chi connectivity index (χ0) is 10.3. The van der Waals surface area contributed by atoms with Gasteiger partial charge in [0.1, 0.15) is 5.69 Å². The van der Waals surface area contributed by atoms with Crippen molar-refractivity contribution >= 4 is 5.95 Å². The third-order valence-electron chi connectivity index (χ3n) is 2.34. The van der Waals surface area contributed by atoms with E-state index >= 15 is 0 Å². The molecule has 0 aromatic rings. The van der Waals surface area contributed by atoms with Gasteiger partial charge in [-0.25, -0.2) is 9.97 Å². The van der Waals surface area contributed by atoms with Crippen LogP contribution < -0.4 is 5.73 Å². The van der Waals surface area contributed by atoms with Gasteiger partial charge in [-0.05, 0) is 6.07 Å². The van der Waals surface area contributed by atoms with Crippen molar-refractivity contribution in [3.8, 4) is 22.5 Å². The highest BCUT2D eigenvalue weighted by molar-refractivity contribution is 5.81. The van der Waals surface area contributed by atoms with Crippen LogP contribution in [-0.2, 0) is 0 Å². The summed E-state index contributed by atoms with van der Waals surface area (Å²) in [6.45, 7) is 0. The van der Waals surface area contributed by atoms with Crippen LogP contribution >= 0.6 is 0 Å². The lowest BCUT2D eigenvalue weighted by atomic mass is 10.1. The van der Waals surface area contributed by atoms with Gasteiger partial charge in [-0.1, -0.05) is 18.2 Å². The summed E-state index contributed by atoms with van der Waals surface area (Å²) in [5.41, 5.74) is 9.26. The van der Waals surface area contributed by atoms with Gasteiger partial charge in [0.2, 0.25) is 5.95 Å². The molecular formula is C11H8N4. The first-order valence-electron chi connectivity index (χ1n) is 4.60. The van der Waals surface area contributed by atoms with Crippen molar-refractivity contribution in [2.24, 2.45) is 0 Å². The Labute approximate surface area is 86.5 Å². The zero-order valence-electron chi connectivity index (χ0n) is 7.88. The zero-order valence-corrected chi connectivity index (χ0v) is 7.88. The monoisotopic (exact) mass is 196 g/mol. The average molecular weight is 196 g/mol. The van der Waals surface area contributed by atoms with E-state index in [1.54, 1.807) is 12.4 Å². The molecule has 0 fully saturated rings. The van der Waals surface area contributed by atoms with Crippen molar-refractivity contribution in [1.29, 1.82) is 0 Å². The van der Waals surface area contributed by atoms with Gasteiger partial charge in [-0.2, -0.15) is 0 Å². The standard InChI is InChI=1S/C11H8N4/c12-11-14-9-4-5-13-6-7-2-1-3-8(7)10(9)15-11/h1-6H,(H2,12,14,15). The molecule has 0 bridgehead atoms. The number of nitrogens with zero attached hydrogens (tertiary/aromatic N) is 3. The summed E-state index contributed by atoms with van der Waals surface area (Å²) >= 11 is 0. The van der Waals surface area contributed by atoms with Crippen LogP contribution in [0.3, 0.4) is 0 Å². The molecule has 0 aromatic carbocycles. The molecule has 15 heavy (non-hydrogen) atoms. The van der Waals surface area contributed by atoms with Crippen LogP contribution in [0.2, 0.25) is 0 Å². The minimum Gasteiger partial charge on any atom is -0.368 e. The van der Waals surface area contributed by atoms with Crippen LogP contribution in [0.5, 0.6) is 0 Å². The fourth-order valence-corrected chi connectivity index (χ4v) is 1.69. The van der Waals surface area contributed by atoms with E-state index in [1.807, 2.05) is 24.3 Å². The van der Waals surface area contributed by atoms with Crippen molar-refractivity contribution in [1.82, 2.24) is 15.0 Å². The molecular weight excluding hydrogens is 188 g/mol. The van der Waals surface area contributed by atoms with E-state index in [2.05, 4.69) is 15.0 Å². The van der Waals surface area contributed by atoms with Crippen molar-refractivity contribution in [2.75, 3.05) is 5.73 Å². The molecule has 0 atom stereocenters. The molecule has 72 valence electrons. The highest BCUT2D eigenvalue weighted by atomic mass is 15.0. The van der Waals surface area contributed by atoms with Gasteiger partial charge in [0.25, 0.3) is 0 Å². The Bertz CT molecular complexity index is 564. The lowest BCUT2D eigenvalue weighted by Gasteiger charge is -1.98. The van der Waals surface area contributed by atoms with Crippen LogP contribution in [0.4, 0.5) is 5.95 Å². The van der Waals surface area contributed by atoms with Gasteiger partial charge in [-0.15, -0.1) is 0 Å². The molecule has 0 radical (unpaired) electrons. The predicted octanol–water partition coefficient (Wildman–Crippen LogP) is 1.66. The summed E-state index contributed by atoms with van der Waals surface area (Å²) in [5.74, 6) is 0.304. The van der Waals surface area contributed by atoms with E-state index in [4.69, 9.17) is 5.73 Å². The maximum absolute atomic E-state index is 5.59. The molecule has 0 unspecified atom stereocenters. The minimum atomic E-state index is 0.304. The lowest BCUT2D eigenvalue weighted by Crippen LogP contribution is -1.84. The first-order valence-corrected chi connectivity index (χ1v) is 4.60. The Morgan fingerprint density at radius 3 is 2.93 bits per heavy atom. The average Bonchev–Trinajstić information content (AvgIpc) is 2.76. The Morgan fingerprint density at radius 2 is 2.00 bits per heavy atom. The predicted molar refractivity (Wildman–Crippen MR) is 57.5 cm³/mol. The smallest absolute Gasteiger partial charge is 0.221 e. The van der Waals surface area contributed by atoms with Gasteiger partial charge >= 0.3 is 0 Å². The second-order valence-corrected chi connectivity index (χ2v) is 3.30. The van der Waals surface area contributed by atoms with Gasteiger partial charge < -0.3 is 5.73 Å². The van der Waals surface area contributed by atoms with Crippen LogP contribution in [-0.4, -0.2) is 15.0 Å². The molecule has 2 N–H and O–H groups in total. The molecule has 0 spiro atoms. The third kappa shape index (κ3) is 1.19. The number of aromatic nitrogens is 3. The highest BCUT2D eigenvalue weighted by Gasteiger charge is 2.14. The second-order valence-electron chi connectivity index (χ2n) is 3.30. The summed E-state index contributed by atoms with van der Waals surface area (Å²) in [6, 6.07) is 7.77. The number of hydrogen-bond acceptors (Lipinski definition) is 4. The Morgan fingerprint density at radius 1 is 1.07 bits per heavy atom. The van der Waals surface area contributed by atoms with Crippen LogP contribution in [0.25, 0.3) is 22.5 Å². The van der Waals surface area contributed by atoms with Gasteiger partial charge in [-0.3, -0.25) is 4.98 Å². The largest absolute Gasteiger partial charge is 0.368 e. The second kappa shape index (κ2) is 2.88. The van der Waals surface area contributed by atoms with E-state index in [1.165, 1.54) is 0 Å². The van der Waals surface area contributed by atoms with Crippen LogP contribution in [0.1, 0.15) is 0 Å². The number of rotatable bonds is 0. The minimum absolute atomic E-state index is 0.304. The topological polar surface area (TPSA) is 64.7 Å². The molecule has 0 amide bonds. The SMILES string of the molecule is Nc1nc2ccncc3cccc-3c-2n1. The fourth-order valence-electron chi connectivity index (χ4n) is 1.69. The number of anilines is 1. The molecule has 2 aliphatic heterocycles. The number of fused-ring (bicyclic) bond motifs is 3. The Kier molecular flexibility index (Phi) is 1.56. The van der Waals surface area contributed by atoms with Gasteiger partial charge in [0.15, 0.2) is 0 Å². The van der Waals surface area contributed by atoms with E-state index in [-0.39, 0.29) is 0 Å². The first kappa shape index (κ1) is 8.11. The summed E-state index contributed by atoms with van der Waals surface area (Å²) < 4.78 is 0. The van der Waals surface area contributed by atoms with Crippen LogP contribution in [0, 0.1) is 0 Å². The highest BCUT2D eigenvalue weighted by Crippen LogP contribution is 2.31. The van der Waals surface area contributed by atoms with Crippen molar-refractivity contribution < 1.29 is 0 Å². The molecule has 3 aliphatic rings. The molecule has 0 saturated heterocycles. The fraction of sp³-hybridized carbons (Fsp3) is 0. The molecule has 2 heterocycles. The van der Waals surface area contributed by atoms with E-state index in [0.29, 0.717) is 5.95 Å². The summed E-state index contributed by atoms with van der Waals surface area (Å²) in [6.07, 6.45) is 3.50. The summed E-state index contributed by atoms with van der Waals surface area (Å²) in [5, 5.41) is 0. The lowest BCUT2D eigenvalue weighted by molar-refractivity contribution is 1.33. The maximum Gasteiger partial charge on any atom is 0.221 e. The van der Waals surface area contributed by atoms with Gasteiger partial charge in [0.05, 0.1) is 5.69 Å². The maximum atomic E-state index is 5.59. The molecule has 0 saturated carbocycles. The Balaban J connectivity index is 2.42. The molecule has 4 nitrogen and oxygen atoms in total. The normalized spacial score (nSPS) is 10.9. The van der Waals surface area contributed by atoms with Crippen LogP contribution in [0.15, 0.2) is 36.7 Å². The Hall–Kier alpha value is -2.23. The van der Waals surface area contributed by atoms with E-state index in [0.717, 1.165) is 22.5 Å². The number of hydrogen-bond donors (Lipinski definition) is 1. The molecule has 4 heteroatoms. The van der Waals surface area contributed by atoms with Gasteiger partial charge in [0, 0.05) is 23.5 Å². The molecule has 0 aromatic heterocycles. The quantitative estimate of drug-likeness (QED) is 0.594. The molecule has 1 aliphatic carbocycles. The number of imidazole rings is 1. The van der Waals surface area contributed by atoms with Crippen molar-refractivity contribution in [2.45, 2.75) is 0 Å². The van der Waals surface area contributed by atoms with Crippen molar-refractivity contribution in [3.63, 3.8) is 0 Å². The van der Waals surface area contributed by atoms with E-state index < -0.39 is 0 Å². The van der Waals surface area contributed by atoms with Crippen molar-refractivity contribution in [3.05, 3.63) is 36.7 Å². The molecule has 3 rings (SSSR count). The van der Waals surface area contributed by atoms with E-state index in [9.17, 15) is 0 Å². The third-order valence-corrected chi connectivity index (χ3v) is 2.34. The number of nitrogen functional groups attached to an aromatic ring is 1. The summed E-state index contributed by atoms with van der Waals surface area (Å²) in [7, 11) is 0. The number of nitrogens with two attached hydrogens (primary N) is 1. The first-order chi connectivity index (χ1) is 7.34. The summed E-state index contributed by atoms with van der Waals surface area (Å²) in [4.78, 5) is 12.5.